The lowest BCUT2D eigenvalue weighted by molar-refractivity contribution is 0.270. The fourth-order valence-electron chi connectivity index (χ4n) is 0.672. The maximum atomic E-state index is 8.55. The van der Waals surface area contributed by atoms with Crippen molar-refractivity contribution in [2.45, 2.75) is 6.54 Å². The minimum Gasteiger partial charge on any atom is -0.394 e. The van der Waals surface area contributed by atoms with Crippen molar-refractivity contribution in [3.8, 4) is 0 Å². The Morgan fingerprint density at radius 1 is 1.73 bits per heavy atom. The maximum absolute atomic E-state index is 8.55. The van der Waals surface area contributed by atoms with Gasteiger partial charge < -0.3 is 5.11 Å². The van der Waals surface area contributed by atoms with E-state index in [2.05, 4.69) is 15.5 Å². The molecule has 0 aliphatic carbocycles. The number of nitrogen functional groups attached to an aromatic ring is 1. The number of aliphatic hydroxyl groups excluding tert-OH is 1. The van der Waals surface area contributed by atoms with Crippen LogP contribution in [0.3, 0.4) is 0 Å². The zero-order valence-electron chi connectivity index (χ0n) is 5.66. The normalized spacial score (nSPS) is 10.1. The van der Waals surface area contributed by atoms with Crippen LogP contribution in [-0.4, -0.2) is 26.5 Å². The van der Waals surface area contributed by atoms with E-state index in [1.54, 1.807) is 0 Å². The molecule has 6 nitrogen and oxygen atoms in total. The number of hydrogen-bond acceptors (Lipinski definition) is 5. The van der Waals surface area contributed by atoms with E-state index in [0.29, 0.717) is 12.5 Å². The second-order valence-electron chi connectivity index (χ2n) is 1.80. The summed E-state index contributed by atoms with van der Waals surface area (Å²) in [7, 11) is 0. The van der Waals surface area contributed by atoms with Gasteiger partial charge in [0, 0.05) is 0 Å². The van der Waals surface area contributed by atoms with Gasteiger partial charge in [-0.3, -0.25) is 5.43 Å². The van der Waals surface area contributed by atoms with Crippen LogP contribution in [0.25, 0.3) is 0 Å². The highest BCUT2D eigenvalue weighted by atomic mass is 35.5. The van der Waals surface area contributed by atoms with Gasteiger partial charge in [0.05, 0.1) is 13.2 Å². The van der Waals surface area contributed by atoms with E-state index in [1.807, 2.05) is 0 Å². The summed E-state index contributed by atoms with van der Waals surface area (Å²) in [4.78, 5) is 3.72. The highest BCUT2D eigenvalue weighted by Crippen LogP contribution is 2.06. The standard InChI is InChI=1S/C4H8ClN5O/c5-3-7-4(8-6)10(9-3)1-2-11/h11H,1-2,6H2,(H,7,8,9). The molecule has 0 aromatic carbocycles. The van der Waals surface area contributed by atoms with Gasteiger partial charge in [0.2, 0.25) is 11.2 Å². The van der Waals surface area contributed by atoms with Crippen molar-refractivity contribution in [2.75, 3.05) is 12.0 Å². The fraction of sp³-hybridized carbons (Fsp3) is 0.500. The molecule has 1 heterocycles. The predicted octanol–water partition coefficient (Wildman–Crippen LogP) is -0.791. The number of anilines is 1. The van der Waals surface area contributed by atoms with Gasteiger partial charge in [0.15, 0.2) is 0 Å². The molecule has 0 atom stereocenters. The quantitative estimate of drug-likeness (QED) is 0.416. The van der Waals surface area contributed by atoms with Crippen LogP contribution < -0.4 is 11.3 Å². The first kappa shape index (κ1) is 8.25. The zero-order valence-corrected chi connectivity index (χ0v) is 6.41. The monoisotopic (exact) mass is 177 g/mol. The predicted molar refractivity (Wildman–Crippen MR) is 39.9 cm³/mol. The number of nitrogens with zero attached hydrogens (tertiary/aromatic N) is 3. The number of nitrogens with two attached hydrogens (primary N) is 1. The van der Waals surface area contributed by atoms with E-state index in [9.17, 15) is 0 Å². The number of nitrogens with one attached hydrogen (secondary N) is 1. The molecular weight excluding hydrogens is 170 g/mol. The number of aromatic nitrogens is 3. The van der Waals surface area contributed by atoms with E-state index in [0.717, 1.165) is 0 Å². The van der Waals surface area contributed by atoms with Crippen molar-refractivity contribution in [2.24, 2.45) is 5.84 Å². The molecular formula is C4H8ClN5O. The topological polar surface area (TPSA) is 89.0 Å². The summed E-state index contributed by atoms with van der Waals surface area (Å²) < 4.78 is 1.38. The minimum absolute atomic E-state index is 0.0334. The van der Waals surface area contributed by atoms with Gasteiger partial charge in [0.1, 0.15) is 0 Å². The largest absolute Gasteiger partial charge is 0.394 e. The number of hydrogen-bond donors (Lipinski definition) is 3. The Balaban J connectivity index is 2.83. The minimum atomic E-state index is -0.0334. The molecule has 0 aliphatic rings. The number of hydrazine groups is 1. The zero-order chi connectivity index (χ0) is 8.27. The third kappa shape index (κ3) is 1.79. The number of halogens is 1. The molecule has 1 rings (SSSR count). The first-order valence-corrected chi connectivity index (χ1v) is 3.33. The van der Waals surface area contributed by atoms with Crippen LogP contribution in [0.4, 0.5) is 5.95 Å². The first-order valence-electron chi connectivity index (χ1n) is 2.95. The van der Waals surface area contributed by atoms with E-state index in [4.69, 9.17) is 22.6 Å². The maximum Gasteiger partial charge on any atom is 0.244 e. The second kappa shape index (κ2) is 3.51. The summed E-state index contributed by atoms with van der Waals surface area (Å²) in [6, 6.07) is 0. The van der Waals surface area contributed by atoms with Gasteiger partial charge in [-0.05, 0) is 11.6 Å². The van der Waals surface area contributed by atoms with Crippen molar-refractivity contribution in [3.63, 3.8) is 0 Å². The molecule has 62 valence electrons. The van der Waals surface area contributed by atoms with Crippen molar-refractivity contribution in [1.29, 1.82) is 0 Å². The SMILES string of the molecule is NNc1nc(Cl)nn1CCO. The molecule has 0 bridgehead atoms. The highest BCUT2D eigenvalue weighted by Gasteiger charge is 2.04. The van der Waals surface area contributed by atoms with Gasteiger partial charge in [-0.1, -0.05) is 0 Å². The van der Waals surface area contributed by atoms with Crippen LogP contribution in [0.1, 0.15) is 0 Å². The summed E-state index contributed by atoms with van der Waals surface area (Å²) in [6.45, 7) is 0.285. The van der Waals surface area contributed by atoms with E-state index >= 15 is 0 Å². The van der Waals surface area contributed by atoms with Gasteiger partial charge in [-0.15, -0.1) is 5.10 Å². The molecule has 0 radical (unpaired) electrons. The van der Waals surface area contributed by atoms with Crippen molar-refractivity contribution < 1.29 is 5.11 Å². The molecule has 11 heavy (non-hydrogen) atoms. The molecule has 0 saturated heterocycles. The van der Waals surface area contributed by atoms with Crippen molar-refractivity contribution in [1.82, 2.24) is 14.8 Å². The number of aliphatic hydroxyl groups is 1. The van der Waals surface area contributed by atoms with Crippen molar-refractivity contribution in [3.05, 3.63) is 5.28 Å². The lowest BCUT2D eigenvalue weighted by Crippen LogP contribution is -2.15. The van der Waals surface area contributed by atoms with E-state index < -0.39 is 0 Å². The average molecular weight is 178 g/mol. The van der Waals surface area contributed by atoms with Gasteiger partial charge >= 0.3 is 0 Å². The molecule has 0 saturated carbocycles. The molecule has 0 unspecified atom stereocenters. The third-order valence-electron chi connectivity index (χ3n) is 1.09. The van der Waals surface area contributed by atoms with Crippen molar-refractivity contribution >= 4 is 17.5 Å². The Hall–Kier alpha value is -0.850. The summed E-state index contributed by atoms with van der Waals surface area (Å²) in [5.74, 6) is 5.42. The van der Waals surface area contributed by atoms with Gasteiger partial charge in [-0.2, -0.15) is 4.98 Å². The Morgan fingerprint density at radius 3 is 3.00 bits per heavy atom. The van der Waals surface area contributed by atoms with Crippen LogP contribution >= 0.6 is 11.6 Å². The number of rotatable bonds is 3. The van der Waals surface area contributed by atoms with Gasteiger partial charge in [0.25, 0.3) is 0 Å². The molecule has 1 aromatic heterocycles. The summed E-state index contributed by atoms with van der Waals surface area (Å²) in [5, 5.41) is 12.4. The third-order valence-corrected chi connectivity index (χ3v) is 1.25. The lowest BCUT2D eigenvalue weighted by Gasteiger charge is -2.00. The summed E-state index contributed by atoms with van der Waals surface area (Å²) in [5.41, 5.74) is 2.30. The van der Waals surface area contributed by atoms with E-state index in [1.165, 1.54) is 4.68 Å². The first-order chi connectivity index (χ1) is 5.27. The smallest absolute Gasteiger partial charge is 0.244 e. The van der Waals surface area contributed by atoms with Crippen LogP contribution in [0.2, 0.25) is 5.28 Å². The van der Waals surface area contributed by atoms with Crippen LogP contribution in [0.5, 0.6) is 0 Å². The Bertz CT molecular complexity index is 236. The Kier molecular flexibility index (Phi) is 2.64. The molecule has 7 heteroatoms. The Morgan fingerprint density at radius 2 is 2.45 bits per heavy atom. The summed E-state index contributed by atoms with van der Waals surface area (Å²) in [6.07, 6.45) is 0. The van der Waals surface area contributed by atoms with Crippen LogP contribution in [0, 0.1) is 0 Å². The second-order valence-corrected chi connectivity index (χ2v) is 2.13. The lowest BCUT2D eigenvalue weighted by atomic mass is 10.7. The molecule has 1 aromatic rings. The fourth-order valence-corrected chi connectivity index (χ4v) is 0.843. The van der Waals surface area contributed by atoms with E-state index in [-0.39, 0.29) is 11.9 Å². The molecule has 4 N–H and O–H groups in total. The molecule has 0 aliphatic heterocycles. The molecule has 0 fully saturated rings. The Labute approximate surface area is 67.9 Å². The van der Waals surface area contributed by atoms with Crippen LogP contribution in [0.15, 0.2) is 0 Å². The molecule has 0 spiro atoms. The molecule has 0 amide bonds. The summed E-state index contributed by atoms with van der Waals surface area (Å²) >= 11 is 5.46. The van der Waals surface area contributed by atoms with Crippen LogP contribution in [-0.2, 0) is 6.54 Å². The van der Waals surface area contributed by atoms with Gasteiger partial charge in [-0.25, -0.2) is 10.5 Å². The average Bonchev–Trinajstić information content (AvgIpc) is 2.32. The highest BCUT2D eigenvalue weighted by molar-refractivity contribution is 6.28.